The molecule has 1 unspecified atom stereocenters. The monoisotopic (exact) mass is 290 g/mol. The fraction of sp³-hybridized carbons (Fsp3) is 0.250. The summed E-state index contributed by atoms with van der Waals surface area (Å²) in [5.41, 5.74) is 1.65. The maximum absolute atomic E-state index is 10.3. The van der Waals surface area contributed by atoms with E-state index < -0.39 is 6.10 Å². The predicted octanol–water partition coefficient (Wildman–Crippen LogP) is 3.91. The van der Waals surface area contributed by atoms with Crippen molar-refractivity contribution in [3.8, 4) is 11.5 Å². The van der Waals surface area contributed by atoms with Crippen LogP contribution in [0.3, 0.4) is 0 Å². The average molecular weight is 291 g/mol. The Morgan fingerprint density at radius 2 is 2.00 bits per heavy atom. The van der Waals surface area contributed by atoms with E-state index in [2.05, 4.69) is 0 Å². The molecule has 1 aliphatic rings. The van der Waals surface area contributed by atoms with Crippen molar-refractivity contribution in [2.45, 2.75) is 18.6 Å². The zero-order valence-electron chi connectivity index (χ0n) is 11.0. The first-order chi connectivity index (χ1) is 9.69. The van der Waals surface area contributed by atoms with Crippen LogP contribution in [0.25, 0.3) is 0 Å². The first-order valence-corrected chi connectivity index (χ1v) is 6.84. The summed E-state index contributed by atoms with van der Waals surface area (Å²) in [5, 5.41) is 11.0. The molecule has 0 amide bonds. The summed E-state index contributed by atoms with van der Waals surface area (Å²) < 4.78 is 11.1. The molecule has 1 heterocycles. The van der Waals surface area contributed by atoms with Gasteiger partial charge in [0.05, 0.1) is 13.2 Å². The lowest BCUT2D eigenvalue weighted by molar-refractivity contribution is 0.0655. The van der Waals surface area contributed by atoms with Gasteiger partial charge < -0.3 is 14.6 Å². The van der Waals surface area contributed by atoms with E-state index in [4.69, 9.17) is 21.1 Å². The SMILES string of the molecule is COc1ccc2c(c1)[C@@H](O)CC(c1ccccc1Cl)O2. The van der Waals surface area contributed by atoms with E-state index >= 15 is 0 Å². The first kappa shape index (κ1) is 13.3. The van der Waals surface area contributed by atoms with Crippen LogP contribution in [0.1, 0.15) is 29.8 Å². The maximum Gasteiger partial charge on any atom is 0.128 e. The number of aliphatic hydroxyl groups is 1. The van der Waals surface area contributed by atoms with Crippen molar-refractivity contribution < 1.29 is 14.6 Å². The van der Waals surface area contributed by atoms with Gasteiger partial charge in [-0.2, -0.15) is 0 Å². The molecule has 1 N–H and O–H groups in total. The van der Waals surface area contributed by atoms with Gasteiger partial charge in [0.25, 0.3) is 0 Å². The van der Waals surface area contributed by atoms with Gasteiger partial charge in [0.15, 0.2) is 0 Å². The Balaban J connectivity index is 1.95. The van der Waals surface area contributed by atoms with Crippen molar-refractivity contribution in [2.75, 3.05) is 7.11 Å². The molecule has 0 aromatic heterocycles. The van der Waals surface area contributed by atoms with Crippen molar-refractivity contribution in [3.05, 3.63) is 58.6 Å². The van der Waals surface area contributed by atoms with Crippen molar-refractivity contribution in [3.63, 3.8) is 0 Å². The van der Waals surface area contributed by atoms with Crippen LogP contribution in [0.15, 0.2) is 42.5 Å². The second-order valence-electron chi connectivity index (χ2n) is 4.78. The highest BCUT2D eigenvalue weighted by Gasteiger charge is 2.29. The molecular formula is C16H15ClO3. The molecule has 3 rings (SSSR count). The topological polar surface area (TPSA) is 38.7 Å². The Morgan fingerprint density at radius 1 is 1.20 bits per heavy atom. The summed E-state index contributed by atoms with van der Waals surface area (Å²) in [6.07, 6.45) is -0.348. The third kappa shape index (κ3) is 2.35. The van der Waals surface area contributed by atoms with Gasteiger partial charge in [0.1, 0.15) is 17.6 Å². The molecule has 0 saturated heterocycles. The molecule has 0 radical (unpaired) electrons. The van der Waals surface area contributed by atoms with E-state index in [-0.39, 0.29) is 6.10 Å². The van der Waals surface area contributed by atoms with E-state index in [9.17, 15) is 5.11 Å². The summed E-state index contributed by atoms with van der Waals surface area (Å²) in [5.74, 6) is 1.39. The lowest BCUT2D eigenvalue weighted by atomic mass is 9.95. The summed E-state index contributed by atoms with van der Waals surface area (Å²) in [6.45, 7) is 0. The number of fused-ring (bicyclic) bond motifs is 1. The van der Waals surface area contributed by atoms with Crippen LogP contribution in [-0.2, 0) is 0 Å². The lowest BCUT2D eigenvalue weighted by Gasteiger charge is -2.30. The third-order valence-electron chi connectivity index (χ3n) is 3.53. The molecule has 0 fully saturated rings. The molecule has 20 heavy (non-hydrogen) atoms. The van der Waals surface area contributed by atoms with Crippen LogP contribution >= 0.6 is 11.6 Å². The number of rotatable bonds is 2. The van der Waals surface area contributed by atoms with Gasteiger partial charge in [0, 0.05) is 22.6 Å². The molecule has 2 aromatic rings. The largest absolute Gasteiger partial charge is 0.497 e. The van der Waals surface area contributed by atoms with E-state index in [0.29, 0.717) is 22.9 Å². The quantitative estimate of drug-likeness (QED) is 0.911. The lowest BCUT2D eigenvalue weighted by Crippen LogP contribution is -2.19. The van der Waals surface area contributed by atoms with E-state index in [1.807, 2.05) is 42.5 Å². The zero-order valence-corrected chi connectivity index (χ0v) is 11.8. The fourth-order valence-corrected chi connectivity index (χ4v) is 2.74. The minimum Gasteiger partial charge on any atom is -0.497 e. The Hall–Kier alpha value is -1.71. The minimum atomic E-state index is -0.588. The Morgan fingerprint density at radius 3 is 2.75 bits per heavy atom. The zero-order chi connectivity index (χ0) is 14.1. The second kappa shape index (κ2) is 5.35. The summed E-state index contributed by atoms with van der Waals surface area (Å²) in [6, 6.07) is 13.0. The average Bonchev–Trinajstić information content (AvgIpc) is 2.47. The highest BCUT2D eigenvalue weighted by Crippen LogP contribution is 2.43. The molecule has 2 aromatic carbocycles. The summed E-state index contributed by atoms with van der Waals surface area (Å²) >= 11 is 6.20. The molecule has 0 bridgehead atoms. The van der Waals surface area contributed by atoms with Crippen molar-refractivity contribution in [1.82, 2.24) is 0 Å². The molecule has 2 atom stereocenters. The standard InChI is InChI=1S/C16H15ClO3/c1-19-10-6-7-15-12(8-10)14(18)9-16(20-15)11-4-2-3-5-13(11)17/h2-8,14,16,18H,9H2,1H3/t14-,16?/m0/s1. The number of methoxy groups -OCH3 is 1. The highest BCUT2D eigenvalue weighted by molar-refractivity contribution is 6.31. The van der Waals surface area contributed by atoms with Gasteiger partial charge in [-0.25, -0.2) is 0 Å². The Bertz CT molecular complexity index is 627. The first-order valence-electron chi connectivity index (χ1n) is 6.46. The summed E-state index contributed by atoms with van der Waals surface area (Å²) in [7, 11) is 1.60. The molecule has 0 aliphatic carbocycles. The van der Waals surface area contributed by atoms with E-state index in [1.165, 1.54) is 0 Å². The minimum absolute atomic E-state index is 0.236. The van der Waals surface area contributed by atoms with Gasteiger partial charge in [0.2, 0.25) is 0 Å². The van der Waals surface area contributed by atoms with Crippen molar-refractivity contribution in [2.24, 2.45) is 0 Å². The van der Waals surface area contributed by atoms with Gasteiger partial charge in [-0.15, -0.1) is 0 Å². The van der Waals surface area contributed by atoms with Crippen LogP contribution in [0, 0.1) is 0 Å². The number of benzene rings is 2. The molecule has 1 aliphatic heterocycles. The number of hydrogen-bond donors (Lipinski definition) is 1. The second-order valence-corrected chi connectivity index (χ2v) is 5.19. The highest BCUT2D eigenvalue weighted by atomic mass is 35.5. The number of ether oxygens (including phenoxy) is 2. The smallest absolute Gasteiger partial charge is 0.128 e. The fourth-order valence-electron chi connectivity index (χ4n) is 2.48. The van der Waals surface area contributed by atoms with Crippen LogP contribution in [-0.4, -0.2) is 12.2 Å². The van der Waals surface area contributed by atoms with Crippen LogP contribution < -0.4 is 9.47 Å². The van der Waals surface area contributed by atoms with E-state index in [0.717, 1.165) is 11.1 Å². The van der Waals surface area contributed by atoms with Gasteiger partial charge >= 0.3 is 0 Å². The maximum atomic E-state index is 10.3. The summed E-state index contributed by atoms with van der Waals surface area (Å²) in [4.78, 5) is 0. The van der Waals surface area contributed by atoms with Gasteiger partial charge in [-0.05, 0) is 24.3 Å². The van der Waals surface area contributed by atoms with Gasteiger partial charge in [-0.3, -0.25) is 0 Å². The van der Waals surface area contributed by atoms with Gasteiger partial charge in [-0.1, -0.05) is 29.8 Å². The van der Waals surface area contributed by atoms with E-state index in [1.54, 1.807) is 7.11 Å². The Kier molecular flexibility index (Phi) is 3.55. The van der Waals surface area contributed by atoms with Crippen LogP contribution in [0.2, 0.25) is 5.02 Å². The molecule has 0 saturated carbocycles. The Labute approximate surface area is 122 Å². The van der Waals surface area contributed by atoms with Crippen molar-refractivity contribution in [1.29, 1.82) is 0 Å². The number of hydrogen-bond acceptors (Lipinski definition) is 3. The molecular weight excluding hydrogens is 276 g/mol. The van der Waals surface area contributed by atoms with Crippen LogP contribution in [0.5, 0.6) is 11.5 Å². The third-order valence-corrected chi connectivity index (χ3v) is 3.88. The molecule has 4 heteroatoms. The van der Waals surface area contributed by atoms with Crippen LogP contribution in [0.4, 0.5) is 0 Å². The molecule has 3 nitrogen and oxygen atoms in total. The molecule has 0 spiro atoms. The normalized spacial score (nSPS) is 20.9. The predicted molar refractivity (Wildman–Crippen MR) is 77.4 cm³/mol. The number of aliphatic hydroxyl groups excluding tert-OH is 1. The van der Waals surface area contributed by atoms with Crippen molar-refractivity contribution >= 4 is 11.6 Å². The number of halogens is 1. The molecule has 104 valence electrons.